The van der Waals surface area contributed by atoms with Gasteiger partial charge in [0.1, 0.15) is 11.8 Å². The molecule has 3 aromatic rings. The molecule has 0 fully saturated rings. The standard InChI is InChI=1S/C25H26N2O3/c1-16-13-17(2)24-22(14-16)23(26-18(3)28)25(29)27(24)11-6-12-30-21-10-9-19-7-4-5-8-20(19)15-21/h4-5,7-10,13-15,23H,6,11-12H2,1-3H3,(H,26,28)/t23-/m0/s1. The van der Waals surface area contributed by atoms with Crippen molar-refractivity contribution in [1.29, 1.82) is 0 Å². The molecule has 0 aliphatic carbocycles. The van der Waals surface area contributed by atoms with Crippen molar-refractivity contribution in [2.45, 2.75) is 33.2 Å². The Balaban J connectivity index is 1.45. The molecule has 1 heterocycles. The zero-order valence-corrected chi connectivity index (χ0v) is 17.6. The molecule has 2 amide bonds. The zero-order valence-electron chi connectivity index (χ0n) is 17.6. The Labute approximate surface area is 176 Å². The summed E-state index contributed by atoms with van der Waals surface area (Å²) in [7, 11) is 0. The Morgan fingerprint density at radius 2 is 1.83 bits per heavy atom. The third-order valence-electron chi connectivity index (χ3n) is 5.43. The van der Waals surface area contributed by atoms with E-state index in [9.17, 15) is 9.59 Å². The molecule has 0 saturated carbocycles. The van der Waals surface area contributed by atoms with Gasteiger partial charge in [0, 0.05) is 19.0 Å². The summed E-state index contributed by atoms with van der Waals surface area (Å²) in [4.78, 5) is 26.5. The Kier molecular flexibility index (Phi) is 5.44. The van der Waals surface area contributed by atoms with Gasteiger partial charge in [-0.1, -0.05) is 48.0 Å². The first kappa shape index (κ1) is 20.0. The van der Waals surface area contributed by atoms with Crippen LogP contribution >= 0.6 is 0 Å². The predicted molar refractivity (Wildman–Crippen MR) is 119 cm³/mol. The van der Waals surface area contributed by atoms with Crippen molar-refractivity contribution in [1.82, 2.24) is 5.32 Å². The molecule has 0 saturated heterocycles. The van der Waals surface area contributed by atoms with Crippen LogP contribution in [-0.2, 0) is 9.59 Å². The van der Waals surface area contributed by atoms with Gasteiger partial charge in [-0.05, 0) is 48.7 Å². The van der Waals surface area contributed by atoms with Gasteiger partial charge < -0.3 is 15.0 Å². The minimum Gasteiger partial charge on any atom is -0.494 e. The SMILES string of the molecule is CC(=O)N[C@@H]1C(=O)N(CCCOc2ccc3ccccc3c2)c2c(C)cc(C)cc21. The number of hydrogen-bond acceptors (Lipinski definition) is 3. The third-order valence-corrected chi connectivity index (χ3v) is 5.43. The fourth-order valence-electron chi connectivity index (χ4n) is 4.22. The molecule has 5 nitrogen and oxygen atoms in total. The molecule has 30 heavy (non-hydrogen) atoms. The topological polar surface area (TPSA) is 58.6 Å². The molecule has 5 heteroatoms. The van der Waals surface area contributed by atoms with Gasteiger partial charge in [-0.3, -0.25) is 9.59 Å². The van der Waals surface area contributed by atoms with Crippen LogP contribution in [0, 0.1) is 13.8 Å². The lowest BCUT2D eigenvalue weighted by atomic mass is 10.0. The summed E-state index contributed by atoms with van der Waals surface area (Å²) in [5.74, 6) is 0.532. The number of aryl methyl sites for hydroxylation is 2. The number of nitrogens with one attached hydrogen (secondary N) is 1. The third kappa shape index (κ3) is 3.88. The Bertz CT molecular complexity index is 1120. The van der Waals surface area contributed by atoms with Gasteiger partial charge in [0.25, 0.3) is 5.91 Å². The van der Waals surface area contributed by atoms with Crippen LogP contribution in [0.3, 0.4) is 0 Å². The second-order valence-electron chi connectivity index (χ2n) is 7.85. The first-order chi connectivity index (χ1) is 14.4. The highest BCUT2D eigenvalue weighted by Gasteiger charge is 2.38. The number of hydrogen-bond donors (Lipinski definition) is 1. The highest BCUT2D eigenvalue weighted by Crippen LogP contribution is 2.39. The lowest BCUT2D eigenvalue weighted by Gasteiger charge is -2.20. The average Bonchev–Trinajstić information content (AvgIpc) is 2.96. The van der Waals surface area contributed by atoms with Crippen LogP contribution in [0.15, 0.2) is 54.6 Å². The summed E-state index contributed by atoms with van der Waals surface area (Å²) < 4.78 is 5.93. The number of carbonyl (C=O) groups is 2. The monoisotopic (exact) mass is 402 g/mol. The smallest absolute Gasteiger partial charge is 0.254 e. The van der Waals surface area contributed by atoms with Crippen molar-refractivity contribution in [3.8, 4) is 5.75 Å². The minimum absolute atomic E-state index is 0.0837. The number of amides is 2. The first-order valence-electron chi connectivity index (χ1n) is 10.3. The maximum absolute atomic E-state index is 13.0. The van der Waals surface area contributed by atoms with E-state index in [1.165, 1.54) is 12.3 Å². The number of anilines is 1. The van der Waals surface area contributed by atoms with Crippen LogP contribution < -0.4 is 15.0 Å². The zero-order chi connectivity index (χ0) is 21.3. The largest absolute Gasteiger partial charge is 0.494 e. The summed E-state index contributed by atoms with van der Waals surface area (Å²) in [6.07, 6.45) is 0.693. The van der Waals surface area contributed by atoms with Crippen molar-refractivity contribution in [3.05, 3.63) is 71.3 Å². The number of fused-ring (bicyclic) bond motifs is 2. The maximum Gasteiger partial charge on any atom is 0.254 e. The first-order valence-corrected chi connectivity index (χ1v) is 10.3. The number of nitrogens with zero attached hydrogens (tertiary/aromatic N) is 1. The van der Waals surface area contributed by atoms with E-state index in [1.54, 1.807) is 4.90 Å². The van der Waals surface area contributed by atoms with E-state index >= 15 is 0 Å². The van der Waals surface area contributed by atoms with Crippen molar-refractivity contribution in [3.63, 3.8) is 0 Å². The fourth-order valence-corrected chi connectivity index (χ4v) is 4.22. The molecular weight excluding hydrogens is 376 g/mol. The number of ether oxygens (including phenoxy) is 1. The van der Waals surface area contributed by atoms with E-state index < -0.39 is 6.04 Å². The molecular formula is C25H26N2O3. The van der Waals surface area contributed by atoms with E-state index in [-0.39, 0.29) is 11.8 Å². The fraction of sp³-hybridized carbons (Fsp3) is 0.280. The van der Waals surface area contributed by atoms with Gasteiger partial charge in [-0.15, -0.1) is 0 Å². The summed E-state index contributed by atoms with van der Waals surface area (Å²) in [6.45, 7) is 6.50. The Morgan fingerprint density at radius 3 is 2.60 bits per heavy atom. The second kappa shape index (κ2) is 8.19. The molecule has 1 atom stereocenters. The molecule has 1 aliphatic heterocycles. The van der Waals surface area contributed by atoms with Gasteiger partial charge in [0.2, 0.25) is 5.91 Å². The van der Waals surface area contributed by atoms with Crippen LogP contribution in [0.4, 0.5) is 5.69 Å². The van der Waals surface area contributed by atoms with E-state index in [0.29, 0.717) is 19.6 Å². The molecule has 0 bridgehead atoms. The predicted octanol–water partition coefficient (Wildman–Crippen LogP) is 4.45. The van der Waals surface area contributed by atoms with Gasteiger partial charge in [-0.25, -0.2) is 0 Å². The van der Waals surface area contributed by atoms with Gasteiger partial charge in [0.05, 0.1) is 12.3 Å². The lowest BCUT2D eigenvalue weighted by Crippen LogP contribution is -2.37. The van der Waals surface area contributed by atoms with Crippen molar-refractivity contribution in [2.75, 3.05) is 18.1 Å². The van der Waals surface area contributed by atoms with Crippen LogP contribution in [0.5, 0.6) is 5.75 Å². The van der Waals surface area contributed by atoms with Gasteiger partial charge >= 0.3 is 0 Å². The van der Waals surface area contributed by atoms with Crippen LogP contribution in [-0.4, -0.2) is 25.0 Å². The van der Waals surface area contributed by atoms with E-state index in [2.05, 4.69) is 29.6 Å². The normalized spacial score (nSPS) is 15.4. The molecule has 4 rings (SSSR count). The molecule has 0 aromatic heterocycles. The molecule has 154 valence electrons. The highest BCUT2D eigenvalue weighted by molar-refractivity contribution is 6.07. The quantitative estimate of drug-likeness (QED) is 0.620. The average molecular weight is 402 g/mol. The molecule has 0 radical (unpaired) electrons. The van der Waals surface area contributed by atoms with Gasteiger partial charge in [0.15, 0.2) is 0 Å². The van der Waals surface area contributed by atoms with E-state index in [1.807, 2.05) is 44.2 Å². The van der Waals surface area contributed by atoms with Crippen LogP contribution in [0.25, 0.3) is 10.8 Å². The molecule has 0 spiro atoms. The lowest BCUT2D eigenvalue weighted by molar-refractivity contribution is -0.126. The van der Waals surface area contributed by atoms with Crippen molar-refractivity contribution < 1.29 is 14.3 Å². The Hall–Kier alpha value is -3.34. The van der Waals surface area contributed by atoms with Crippen LogP contribution in [0.1, 0.15) is 36.1 Å². The highest BCUT2D eigenvalue weighted by atomic mass is 16.5. The molecule has 3 aromatic carbocycles. The number of rotatable bonds is 6. The van der Waals surface area contributed by atoms with E-state index in [0.717, 1.165) is 33.5 Å². The summed E-state index contributed by atoms with van der Waals surface area (Å²) in [6, 6.07) is 17.7. The number of benzene rings is 3. The van der Waals surface area contributed by atoms with Crippen LogP contribution in [0.2, 0.25) is 0 Å². The maximum atomic E-state index is 13.0. The van der Waals surface area contributed by atoms with Gasteiger partial charge in [-0.2, -0.15) is 0 Å². The summed E-state index contributed by atoms with van der Waals surface area (Å²) in [5, 5.41) is 5.13. The molecule has 1 N–H and O–H groups in total. The second-order valence-corrected chi connectivity index (χ2v) is 7.85. The van der Waals surface area contributed by atoms with Crippen molar-refractivity contribution in [2.24, 2.45) is 0 Å². The summed E-state index contributed by atoms with van der Waals surface area (Å²) in [5.41, 5.74) is 3.91. The number of carbonyl (C=O) groups excluding carboxylic acids is 2. The Morgan fingerprint density at radius 1 is 1.07 bits per heavy atom. The minimum atomic E-state index is -0.613. The summed E-state index contributed by atoms with van der Waals surface area (Å²) >= 11 is 0. The molecule has 0 unspecified atom stereocenters. The molecule has 1 aliphatic rings. The van der Waals surface area contributed by atoms with Crippen molar-refractivity contribution >= 4 is 28.3 Å². The van der Waals surface area contributed by atoms with E-state index in [4.69, 9.17) is 4.74 Å².